The first-order valence-electron chi connectivity index (χ1n) is 9.22. The molecule has 0 amide bonds. The molecule has 1 aromatic rings. The van der Waals surface area contributed by atoms with E-state index in [1.54, 1.807) is 0 Å². The third-order valence-electron chi connectivity index (χ3n) is 6.38. The molecule has 0 spiro atoms. The second-order valence-electron chi connectivity index (χ2n) is 7.60. The Labute approximate surface area is 137 Å². The molecule has 2 fully saturated rings. The summed E-state index contributed by atoms with van der Waals surface area (Å²) in [5, 5.41) is 0. The zero-order chi connectivity index (χ0) is 16.4. The Hall–Kier alpha value is -0.990. The molecule has 0 atom stereocenters. The van der Waals surface area contributed by atoms with Gasteiger partial charge in [-0.25, -0.2) is 13.2 Å². The van der Waals surface area contributed by atoms with Gasteiger partial charge in [0.1, 0.15) is 0 Å². The highest BCUT2D eigenvalue weighted by atomic mass is 19.2. The van der Waals surface area contributed by atoms with Crippen LogP contribution >= 0.6 is 0 Å². The lowest BCUT2D eigenvalue weighted by Crippen LogP contribution is -2.25. The SMILES string of the molecule is CC[C@H]1CC[C@H](C2CCC(c3cc(F)c(F)c(F)c3)CC2)CC1. The van der Waals surface area contributed by atoms with E-state index in [-0.39, 0.29) is 5.92 Å². The first-order valence-corrected chi connectivity index (χ1v) is 9.22. The van der Waals surface area contributed by atoms with Crippen molar-refractivity contribution in [3.8, 4) is 0 Å². The van der Waals surface area contributed by atoms with Crippen molar-refractivity contribution in [1.29, 1.82) is 0 Å². The van der Waals surface area contributed by atoms with E-state index in [1.807, 2.05) is 0 Å². The minimum Gasteiger partial charge on any atom is -0.204 e. The minimum absolute atomic E-state index is 0.183. The minimum atomic E-state index is -1.35. The molecular formula is C20H27F3. The second-order valence-corrected chi connectivity index (χ2v) is 7.60. The molecule has 0 aromatic heterocycles. The molecule has 2 saturated carbocycles. The van der Waals surface area contributed by atoms with Gasteiger partial charge in [-0.2, -0.15) is 0 Å². The summed E-state index contributed by atoms with van der Waals surface area (Å²) in [4.78, 5) is 0. The highest BCUT2D eigenvalue weighted by Crippen LogP contribution is 2.44. The predicted octanol–water partition coefficient (Wildman–Crippen LogP) is 6.59. The molecule has 3 rings (SSSR count). The first kappa shape index (κ1) is 16.9. The Bertz CT molecular complexity index is 501. The standard InChI is InChI=1S/C20H27F3/c1-2-13-3-5-14(6-4-13)15-7-9-16(10-8-15)17-11-18(21)20(23)19(22)12-17/h11-16H,2-10H2,1H3/t13-,14-,15?,16?. The summed E-state index contributed by atoms with van der Waals surface area (Å²) in [5.74, 6) is -0.731. The van der Waals surface area contributed by atoms with Crippen LogP contribution < -0.4 is 0 Å². The molecular weight excluding hydrogens is 297 g/mol. The van der Waals surface area contributed by atoms with Crippen molar-refractivity contribution in [3.63, 3.8) is 0 Å². The zero-order valence-corrected chi connectivity index (χ0v) is 14.0. The molecule has 128 valence electrons. The van der Waals surface area contributed by atoms with Crippen molar-refractivity contribution in [2.45, 2.75) is 70.6 Å². The summed E-state index contributed by atoms with van der Waals surface area (Å²) in [6, 6.07) is 2.38. The molecule has 0 saturated heterocycles. The number of benzene rings is 1. The van der Waals surface area contributed by atoms with Crippen molar-refractivity contribution in [1.82, 2.24) is 0 Å². The smallest absolute Gasteiger partial charge is 0.194 e. The van der Waals surface area contributed by atoms with Gasteiger partial charge < -0.3 is 0 Å². The molecule has 0 radical (unpaired) electrons. The Balaban J connectivity index is 1.56. The van der Waals surface area contributed by atoms with Gasteiger partial charge in [-0.3, -0.25) is 0 Å². The van der Waals surface area contributed by atoms with E-state index in [2.05, 4.69) is 6.92 Å². The topological polar surface area (TPSA) is 0 Å². The van der Waals surface area contributed by atoms with Crippen LogP contribution in [-0.4, -0.2) is 0 Å². The van der Waals surface area contributed by atoms with E-state index >= 15 is 0 Å². The van der Waals surface area contributed by atoms with Crippen LogP contribution in [0.1, 0.15) is 76.2 Å². The maximum absolute atomic E-state index is 13.4. The monoisotopic (exact) mass is 324 g/mol. The lowest BCUT2D eigenvalue weighted by atomic mass is 9.68. The Morgan fingerprint density at radius 2 is 1.26 bits per heavy atom. The van der Waals surface area contributed by atoms with Gasteiger partial charge >= 0.3 is 0 Å². The van der Waals surface area contributed by atoms with Crippen molar-refractivity contribution in [2.24, 2.45) is 17.8 Å². The highest BCUT2D eigenvalue weighted by molar-refractivity contribution is 5.23. The summed E-state index contributed by atoms with van der Waals surface area (Å²) < 4.78 is 39.9. The average molecular weight is 324 g/mol. The summed E-state index contributed by atoms with van der Waals surface area (Å²) >= 11 is 0. The van der Waals surface area contributed by atoms with Gasteiger partial charge in [-0.05, 0) is 79.9 Å². The Morgan fingerprint density at radius 3 is 1.74 bits per heavy atom. The number of hydrogen-bond acceptors (Lipinski definition) is 0. The van der Waals surface area contributed by atoms with Crippen LogP contribution in [0, 0.1) is 35.2 Å². The first-order chi connectivity index (χ1) is 11.1. The Kier molecular flexibility index (Phi) is 5.33. The molecule has 0 nitrogen and oxygen atoms in total. The largest absolute Gasteiger partial charge is 0.204 e. The van der Waals surface area contributed by atoms with Crippen LogP contribution in [-0.2, 0) is 0 Å². The Morgan fingerprint density at radius 1 is 0.783 bits per heavy atom. The number of hydrogen-bond donors (Lipinski definition) is 0. The molecule has 23 heavy (non-hydrogen) atoms. The summed E-state index contributed by atoms with van der Waals surface area (Å²) in [6.45, 7) is 2.29. The fraction of sp³-hybridized carbons (Fsp3) is 0.700. The fourth-order valence-electron chi connectivity index (χ4n) is 4.80. The van der Waals surface area contributed by atoms with E-state index in [1.165, 1.54) is 44.2 Å². The molecule has 2 aliphatic rings. The van der Waals surface area contributed by atoms with Crippen LogP contribution in [0.2, 0.25) is 0 Å². The van der Waals surface area contributed by atoms with Crippen molar-refractivity contribution >= 4 is 0 Å². The fourth-order valence-corrected chi connectivity index (χ4v) is 4.80. The van der Waals surface area contributed by atoms with Crippen LogP contribution in [0.5, 0.6) is 0 Å². The molecule has 0 bridgehead atoms. The molecule has 2 aliphatic carbocycles. The molecule has 3 heteroatoms. The summed E-state index contributed by atoms with van der Waals surface area (Å²) in [6.07, 6.45) is 11.0. The van der Waals surface area contributed by atoms with Gasteiger partial charge in [-0.15, -0.1) is 0 Å². The zero-order valence-electron chi connectivity index (χ0n) is 14.0. The summed E-state index contributed by atoms with van der Waals surface area (Å²) in [7, 11) is 0. The van der Waals surface area contributed by atoms with Gasteiger partial charge in [0, 0.05) is 0 Å². The van der Waals surface area contributed by atoms with Crippen molar-refractivity contribution < 1.29 is 13.2 Å². The van der Waals surface area contributed by atoms with Crippen molar-refractivity contribution in [3.05, 3.63) is 35.1 Å². The van der Waals surface area contributed by atoms with E-state index in [0.717, 1.165) is 43.4 Å². The van der Waals surface area contributed by atoms with Gasteiger partial charge in [0.05, 0.1) is 0 Å². The van der Waals surface area contributed by atoms with Gasteiger partial charge in [0.15, 0.2) is 17.5 Å². The molecule has 0 N–H and O–H groups in total. The van der Waals surface area contributed by atoms with E-state index in [0.29, 0.717) is 5.56 Å². The lowest BCUT2D eigenvalue weighted by Gasteiger charge is -2.38. The molecule has 1 aromatic carbocycles. The van der Waals surface area contributed by atoms with Crippen LogP contribution in [0.15, 0.2) is 12.1 Å². The molecule has 0 heterocycles. The van der Waals surface area contributed by atoms with Gasteiger partial charge in [0.2, 0.25) is 0 Å². The maximum Gasteiger partial charge on any atom is 0.194 e. The lowest BCUT2D eigenvalue weighted by molar-refractivity contribution is 0.158. The molecule has 0 aliphatic heterocycles. The second kappa shape index (κ2) is 7.27. The number of rotatable bonds is 3. The highest BCUT2D eigenvalue weighted by Gasteiger charge is 2.31. The van der Waals surface area contributed by atoms with Crippen molar-refractivity contribution in [2.75, 3.05) is 0 Å². The van der Waals surface area contributed by atoms with E-state index in [9.17, 15) is 13.2 Å². The number of halogens is 3. The average Bonchev–Trinajstić information content (AvgIpc) is 2.59. The third-order valence-corrected chi connectivity index (χ3v) is 6.38. The normalized spacial score (nSPS) is 32.0. The van der Waals surface area contributed by atoms with Gasteiger partial charge in [-0.1, -0.05) is 26.2 Å². The maximum atomic E-state index is 13.4. The van der Waals surface area contributed by atoms with Gasteiger partial charge in [0.25, 0.3) is 0 Å². The third kappa shape index (κ3) is 3.75. The predicted molar refractivity (Wildman–Crippen MR) is 86.8 cm³/mol. The quantitative estimate of drug-likeness (QED) is 0.550. The van der Waals surface area contributed by atoms with Crippen LogP contribution in [0.4, 0.5) is 13.2 Å². The van der Waals surface area contributed by atoms with E-state index in [4.69, 9.17) is 0 Å². The van der Waals surface area contributed by atoms with Crippen LogP contribution in [0.25, 0.3) is 0 Å². The van der Waals surface area contributed by atoms with Crippen LogP contribution in [0.3, 0.4) is 0 Å². The summed E-state index contributed by atoms with van der Waals surface area (Å²) in [5.41, 5.74) is 0.634. The van der Waals surface area contributed by atoms with E-state index < -0.39 is 17.5 Å². The molecule has 0 unspecified atom stereocenters.